The summed E-state index contributed by atoms with van der Waals surface area (Å²) >= 11 is 0. The highest BCUT2D eigenvalue weighted by Gasteiger charge is 2.61. The Balaban J connectivity index is 1.82. The van der Waals surface area contributed by atoms with Crippen molar-refractivity contribution in [2.75, 3.05) is 13.2 Å². The SMILES string of the molecule is CC(C)NC[C@H](O)CO[C@@H]1C[C@@H]2CC[C@]1(C)C2(C)C. The third-order valence-corrected chi connectivity index (χ3v) is 5.97. The number of aliphatic hydroxyl groups is 1. The molecule has 0 aromatic carbocycles. The molecule has 0 radical (unpaired) electrons. The summed E-state index contributed by atoms with van der Waals surface area (Å²) in [5, 5.41) is 13.2. The lowest BCUT2D eigenvalue weighted by atomic mass is 9.70. The molecule has 2 aliphatic rings. The van der Waals surface area contributed by atoms with E-state index in [1.807, 2.05) is 0 Å². The summed E-state index contributed by atoms with van der Waals surface area (Å²) in [4.78, 5) is 0. The molecule has 2 fully saturated rings. The van der Waals surface area contributed by atoms with Gasteiger partial charge >= 0.3 is 0 Å². The second-order valence-corrected chi connectivity index (χ2v) is 7.65. The monoisotopic (exact) mass is 269 g/mol. The topological polar surface area (TPSA) is 41.5 Å². The van der Waals surface area contributed by atoms with Crippen LogP contribution in [0.25, 0.3) is 0 Å². The molecule has 2 bridgehead atoms. The van der Waals surface area contributed by atoms with Gasteiger partial charge in [0.1, 0.15) is 0 Å². The lowest BCUT2D eigenvalue weighted by Crippen LogP contribution is -2.40. The van der Waals surface area contributed by atoms with Gasteiger partial charge in [0.15, 0.2) is 0 Å². The van der Waals surface area contributed by atoms with E-state index in [9.17, 15) is 5.11 Å². The van der Waals surface area contributed by atoms with Gasteiger partial charge in [-0.3, -0.25) is 0 Å². The van der Waals surface area contributed by atoms with Crippen LogP contribution in [0.4, 0.5) is 0 Å². The van der Waals surface area contributed by atoms with E-state index in [1.165, 1.54) is 19.3 Å². The van der Waals surface area contributed by atoms with Crippen LogP contribution in [0.15, 0.2) is 0 Å². The Hall–Kier alpha value is -0.120. The maximum Gasteiger partial charge on any atom is 0.0897 e. The highest BCUT2D eigenvalue weighted by Crippen LogP contribution is 2.66. The molecular formula is C16H31NO2. The van der Waals surface area contributed by atoms with E-state index in [1.54, 1.807) is 0 Å². The predicted molar refractivity (Wildman–Crippen MR) is 78.1 cm³/mol. The Kier molecular flexibility index (Phi) is 4.29. The molecule has 2 N–H and O–H groups in total. The summed E-state index contributed by atoms with van der Waals surface area (Å²) in [7, 11) is 0. The van der Waals surface area contributed by atoms with Gasteiger partial charge in [-0.15, -0.1) is 0 Å². The summed E-state index contributed by atoms with van der Waals surface area (Å²) in [5.74, 6) is 0.799. The lowest BCUT2D eigenvalue weighted by Gasteiger charge is -2.39. The molecule has 3 heteroatoms. The predicted octanol–water partition coefficient (Wildman–Crippen LogP) is 2.58. The Bertz CT molecular complexity index is 316. The first-order valence-corrected chi connectivity index (χ1v) is 7.80. The molecule has 0 amide bonds. The average molecular weight is 269 g/mol. The van der Waals surface area contributed by atoms with Crippen molar-refractivity contribution in [1.29, 1.82) is 0 Å². The minimum absolute atomic E-state index is 0.295. The van der Waals surface area contributed by atoms with Crippen molar-refractivity contribution in [2.45, 2.75) is 72.1 Å². The number of fused-ring (bicyclic) bond motifs is 2. The van der Waals surface area contributed by atoms with Crippen LogP contribution in [-0.4, -0.2) is 36.5 Å². The van der Waals surface area contributed by atoms with Gasteiger partial charge in [0.25, 0.3) is 0 Å². The Morgan fingerprint density at radius 1 is 1.32 bits per heavy atom. The van der Waals surface area contributed by atoms with Gasteiger partial charge in [0.2, 0.25) is 0 Å². The van der Waals surface area contributed by atoms with E-state index in [0.29, 0.717) is 36.1 Å². The van der Waals surface area contributed by atoms with Crippen LogP contribution in [0.5, 0.6) is 0 Å². The third kappa shape index (κ3) is 2.70. The number of aliphatic hydroxyl groups excluding tert-OH is 1. The van der Waals surface area contributed by atoms with E-state index >= 15 is 0 Å². The lowest BCUT2D eigenvalue weighted by molar-refractivity contribution is -0.0743. The highest BCUT2D eigenvalue weighted by atomic mass is 16.5. The standard InChI is InChI=1S/C16H31NO2/c1-11(2)17-9-13(18)10-19-14-8-12-6-7-16(14,5)15(12,3)4/h11-14,17-18H,6-10H2,1-5H3/t12-,13-,14+,16-/m0/s1. The first-order valence-electron chi connectivity index (χ1n) is 7.80. The van der Waals surface area contributed by atoms with Gasteiger partial charge in [0.05, 0.1) is 18.8 Å². The second kappa shape index (κ2) is 5.34. The summed E-state index contributed by atoms with van der Waals surface area (Å²) < 4.78 is 6.08. The smallest absolute Gasteiger partial charge is 0.0897 e. The second-order valence-electron chi connectivity index (χ2n) is 7.65. The van der Waals surface area contributed by atoms with Crippen LogP contribution in [0, 0.1) is 16.7 Å². The Labute approximate surface area is 118 Å². The molecular weight excluding hydrogens is 238 g/mol. The first-order chi connectivity index (χ1) is 8.77. The molecule has 0 saturated heterocycles. The minimum atomic E-state index is -0.395. The minimum Gasteiger partial charge on any atom is -0.389 e. The van der Waals surface area contributed by atoms with Crippen LogP contribution in [0.1, 0.15) is 53.9 Å². The third-order valence-electron chi connectivity index (χ3n) is 5.97. The van der Waals surface area contributed by atoms with Gasteiger partial charge in [0, 0.05) is 12.6 Å². The summed E-state index contributed by atoms with van der Waals surface area (Å²) in [6.07, 6.45) is 3.73. The molecule has 112 valence electrons. The van der Waals surface area contributed by atoms with Crippen molar-refractivity contribution in [1.82, 2.24) is 5.32 Å². The molecule has 0 aliphatic heterocycles. The van der Waals surface area contributed by atoms with Gasteiger partial charge in [-0.2, -0.15) is 0 Å². The normalized spacial score (nSPS) is 38.1. The zero-order valence-electron chi connectivity index (χ0n) is 13.2. The van der Waals surface area contributed by atoms with Crippen molar-refractivity contribution >= 4 is 0 Å². The number of hydrogen-bond donors (Lipinski definition) is 2. The molecule has 19 heavy (non-hydrogen) atoms. The quantitative estimate of drug-likeness (QED) is 0.779. The summed E-state index contributed by atoms with van der Waals surface area (Å²) in [6.45, 7) is 12.4. The zero-order valence-corrected chi connectivity index (χ0v) is 13.2. The van der Waals surface area contributed by atoms with Crippen molar-refractivity contribution < 1.29 is 9.84 Å². The molecule has 2 aliphatic carbocycles. The average Bonchev–Trinajstić information content (AvgIpc) is 2.66. The molecule has 0 heterocycles. The van der Waals surface area contributed by atoms with Gasteiger partial charge in [-0.1, -0.05) is 34.6 Å². The van der Waals surface area contributed by atoms with Gasteiger partial charge < -0.3 is 15.2 Å². The van der Waals surface area contributed by atoms with Crippen LogP contribution in [-0.2, 0) is 4.74 Å². The molecule has 3 nitrogen and oxygen atoms in total. The highest BCUT2D eigenvalue weighted by molar-refractivity contribution is 5.11. The number of rotatable bonds is 6. The Morgan fingerprint density at radius 2 is 2.00 bits per heavy atom. The Morgan fingerprint density at radius 3 is 2.47 bits per heavy atom. The van der Waals surface area contributed by atoms with Crippen LogP contribution in [0.3, 0.4) is 0 Å². The molecule has 0 aromatic heterocycles. The fourth-order valence-corrected chi connectivity index (χ4v) is 4.04. The van der Waals surface area contributed by atoms with Gasteiger partial charge in [-0.05, 0) is 36.0 Å². The number of ether oxygens (including phenoxy) is 1. The first kappa shape index (κ1) is 15.3. The van der Waals surface area contributed by atoms with Crippen LogP contribution < -0.4 is 5.32 Å². The van der Waals surface area contributed by atoms with Crippen LogP contribution in [0.2, 0.25) is 0 Å². The molecule has 4 atom stereocenters. The van der Waals surface area contributed by atoms with E-state index in [2.05, 4.69) is 39.9 Å². The van der Waals surface area contributed by atoms with E-state index in [0.717, 1.165) is 5.92 Å². The molecule has 0 spiro atoms. The fourth-order valence-electron chi connectivity index (χ4n) is 4.04. The summed E-state index contributed by atoms with van der Waals surface area (Å²) in [6, 6.07) is 0.411. The van der Waals surface area contributed by atoms with Gasteiger partial charge in [-0.25, -0.2) is 0 Å². The number of hydrogen-bond acceptors (Lipinski definition) is 3. The maximum absolute atomic E-state index is 9.96. The summed E-state index contributed by atoms with van der Waals surface area (Å²) in [5.41, 5.74) is 0.682. The molecule has 0 unspecified atom stereocenters. The molecule has 2 saturated carbocycles. The van der Waals surface area contributed by atoms with Crippen LogP contribution >= 0.6 is 0 Å². The van der Waals surface area contributed by atoms with Crippen molar-refractivity contribution in [3.8, 4) is 0 Å². The largest absolute Gasteiger partial charge is 0.389 e. The van der Waals surface area contributed by atoms with Crippen molar-refractivity contribution in [2.24, 2.45) is 16.7 Å². The zero-order chi connectivity index (χ0) is 14.3. The fraction of sp³-hybridized carbons (Fsp3) is 1.00. The maximum atomic E-state index is 9.96. The van der Waals surface area contributed by atoms with E-state index in [4.69, 9.17) is 4.74 Å². The molecule has 0 aromatic rings. The van der Waals surface area contributed by atoms with E-state index < -0.39 is 6.10 Å². The van der Waals surface area contributed by atoms with Crippen molar-refractivity contribution in [3.63, 3.8) is 0 Å². The van der Waals surface area contributed by atoms with E-state index in [-0.39, 0.29) is 0 Å². The number of nitrogens with one attached hydrogen (secondary N) is 1. The van der Waals surface area contributed by atoms with Crippen molar-refractivity contribution in [3.05, 3.63) is 0 Å². The molecule has 2 rings (SSSR count).